The fourth-order valence-corrected chi connectivity index (χ4v) is 2.16. The Kier molecular flexibility index (Phi) is 4.53. The molecule has 106 valence electrons. The van der Waals surface area contributed by atoms with Crippen molar-refractivity contribution in [3.63, 3.8) is 0 Å². The number of primary amides is 1. The third-order valence-electron chi connectivity index (χ3n) is 3.29. The van der Waals surface area contributed by atoms with E-state index < -0.39 is 5.91 Å². The Bertz CT molecular complexity index is 522. The van der Waals surface area contributed by atoms with Gasteiger partial charge in [-0.25, -0.2) is 0 Å². The molecule has 0 aromatic heterocycles. The molecule has 2 rings (SSSR count). The number of hydrogen-bond acceptors (Lipinski definition) is 3. The second kappa shape index (κ2) is 6.34. The van der Waals surface area contributed by atoms with E-state index in [0.29, 0.717) is 11.6 Å². The van der Waals surface area contributed by atoms with Crippen LogP contribution in [-0.2, 0) is 4.79 Å². The third-order valence-corrected chi connectivity index (χ3v) is 3.29. The van der Waals surface area contributed by atoms with Crippen LogP contribution in [0.1, 0.15) is 22.8 Å². The Hall–Kier alpha value is -2.14. The van der Waals surface area contributed by atoms with Gasteiger partial charge in [0.15, 0.2) is 0 Å². The lowest BCUT2D eigenvalue weighted by Crippen LogP contribution is -2.50. The molecule has 0 saturated carbocycles. The van der Waals surface area contributed by atoms with Crippen LogP contribution in [-0.4, -0.2) is 42.4 Å². The van der Waals surface area contributed by atoms with Crippen LogP contribution < -0.4 is 11.1 Å². The molecule has 1 unspecified atom stereocenters. The first kappa shape index (κ1) is 14.3. The number of nitrogens with one attached hydrogen (secondary N) is 1. The first-order valence-electron chi connectivity index (χ1n) is 6.66. The van der Waals surface area contributed by atoms with Gasteiger partial charge in [0.1, 0.15) is 0 Å². The molecule has 20 heavy (non-hydrogen) atoms. The van der Waals surface area contributed by atoms with Gasteiger partial charge >= 0.3 is 0 Å². The Labute approximate surface area is 118 Å². The molecule has 0 bridgehead atoms. The maximum absolute atomic E-state index is 12.0. The van der Waals surface area contributed by atoms with Gasteiger partial charge < -0.3 is 16.0 Å². The summed E-state index contributed by atoms with van der Waals surface area (Å²) in [5.74, 6) is -0.441. The average Bonchev–Trinajstić information content (AvgIpc) is 2.45. The number of hydrogen-bond donors (Lipinski definition) is 2. The summed E-state index contributed by atoms with van der Waals surface area (Å²) in [5.41, 5.74) is 6.50. The summed E-state index contributed by atoms with van der Waals surface area (Å²) in [4.78, 5) is 24.8. The maximum Gasteiger partial charge on any atom is 0.248 e. The molecule has 1 aromatic rings. The Balaban J connectivity index is 1.97. The van der Waals surface area contributed by atoms with E-state index in [1.807, 2.05) is 4.90 Å². The molecule has 2 amide bonds. The zero-order valence-electron chi connectivity index (χ0n) is 11.5. The lowest BCUT2D eigenvalue weighted by Gasteiger charge is -2.31. The quantitative estimate of drug-likeness (QED) is 0.793. The fraction of sp³-hybridized carbons (Fsp3) is 0.333. The highest BCUT2D eigenvalue weighted by molar-refractivity contribution is 5.94. The standard InChI is InChI=1S/C15H19N3O2/c1-11-10-18(9-8-17-11)14(19)7-4-12-2-5-13(6-3-12)15(16)20/h2-7,11,17H,8-10H2,1H3,(H2,16,20). The number of carbonyl (C=O) groups is 2. The first-order chi connectivity index (χ1) is 9.56. The summed E-state index contributed by atoms with van der Waals surface area (Å²) in [7, 11) is 0. The van der Waals surface area contributed by atoms with Crippen molar-refractivity contribution in [3.8, 4) is 0 Å². The smallest absolute Gasteiger partial charge is 0.248 e. The molecule has 1 aliphatic heterocycles. The summed E-state index contributed by atoms with van der Waals surface area (Å²) in [6.45, 7) is 4.34. The maximum atomic E-state index is 12.0. The molecule has 1 saturated heterocycles. The van der Waals surface area contributed by atoms with Crippen molar-refractivity contribution < 1.29 is 9.59 Å². The molecule has 1 fully saturated rings. The molecule has 5 nitrogen and oxygen atoms in total. The van der Waals surface area contributed by atoms with E-state index in [0.717, 1.165) is 25.2 Å². The van der Waals surface area contributed by atoms with Crippen LogP contribution in [0.3, 0.4) is 0 Å². The summed E-state index contributed by atoms with van der Waals surface area (Å²) in [6.07, 6.45) is 3.32. The van der Waals surface area contributed by atoms with Crippen LogP contribution >= 0.6 is 0 Å². The second-order valence-corrected chi connectivity index (χ2v) is 4.96. The average molecular weight is 273 g/mol. The Morgan fingerprint density at radius 2 is 2.05 bits per heavy atom. The van der Waals surface area contributed by atoms with E-state index in [2.05, 4.69) is 12.2 Å². The van der Waals surface area contributed by atoms with Gasteiger partial charge in [0.05, 0.1) is 0 Å². The highest BCUT2D eigenvalue weighted by atomic mass is 16.2. The van der Waals surface area contributed by atoms with Crippen LogP contribution in [0.4, 0.5) is 0 Å². The molecule has 5 heteroatoms. The Morgan fingerprint density at radius 1 is 1.35 bits per heavy atom. The molecule has 1 aliphatic rings. The summed E-state index contributed by atoms with van der Waals surface area (Å²) in [5, 5.41) is 3.30. The van der Waals surface area contributed by atoms with Gasteiger partial charge in [0, 0.05) is 37.3 Å². The van der Waals surface area contributed by atoms with Crippen LogP contribution in [0.15, 0.2) is 30.3 Å². The number of nitrogens with zero attached hydrogens (tertiary/aromatic N) is 1. The van der Waals surface area contributed by atoms with Gasteiger partial charge in [0.25, 0.3) is 0 Å². The van der Waals surface area contributed by atoms with E-state index in [-0.39, 0.29) is 5.91 Å². The lowest BCUT2D eigenvalue weighted by molar-refractivity contribution is -0.127. The SMILES string of the molecule is CC1CN(C(=O)C=Cc2ccc(C(N)=O)cc2)CCN1. The highest BCUT2D eigenvalue weighted by Gasteiger charge is 2.18. The monoisotopic (exact) mass is 273 g/mol. The molecule has 1 aromatic carbocycles. The van der Waals surface area contributed by atoms with Crippen molar-refractivity contribution in [2.75, 3.05) is 19.6 Å². The molecular weight excluding hydrogens is 254 g/mol. The zero-order chi connectivity index (χ0) is 14.5. The van der Waals surface area contributed by atoms with Gasteiger partial charge in [-0.15, -0.1) is 0 Å². The van der Waals surface area contributed by atoms with Crippen molar-refractivity contribution in [2.45, 2.75) is 13.0 Å². The molecule has 0 spiro atoms. The van der Waals surface area contributed by atoms with Gasteiger partial charge in [-0.05, 0) is 30.7 Å². The topological polar surface area (TPSA) is 75.4 Å². The lowest BCUT2D eigenvalue weighted by atomic mass is 10.1. The molecule has 3 N–H and O–H groups in total. The van der Waals surface area contributed by atoms with Crippen molar-refractivity contribution in [1.82, 2.24) is 10.2 Å². The number of amides is 2. The van der Waals surface area contributed by atoms with Crippen LogP contribution in [0.2, 0.25) is 0 Å². The van der Waals surface area contributed by atoms with Crippen molar-refractivity contribution in [3.05, 3.63) is 41.5 Å². The summed E-state index contributed by atoms with van der Waals surface area (Å²) >= 11 is 0. The number of carbonyl (C=O) groups excluding carboxylic acids is 2. The van der Waals surface area contributed by atoms with E-state index >= 15 is 0 Å². The predicted molar refractivity (Wildman–Crippen MR) is 78.0 cm³/mol. The highest BCUT2D eigenvalue weighted by Crippen LogP contribution is 2.07. The largest absolute Gasteiger partial charge is 0.366 e. The Morgan fingerprint density at radius 3 is 2.65 bits per heavy atom. The van der Waals surface area contributed by atoms with Crippen LogP contribution in [0.25, 0.3) is 6.08 Å². The van der Waals surface area contributed by atoms with E-state index in [1.165, 1.54) is 0 Å². The molecule has 0 aliphatic carbocycles. The molecule has 1 atom stereocenters. The van der Waals surface area contributed by atoms with E-state index in [4.69, 9.17) is 5.73 Å². The number of nitrogens with two attached hydrogens (primary N) is 1. The zero-order valence-corrected chi connectivity index (χ0v) is 11.5. The van der Waals surface area contributed by atoms with Gasteiger partial charge in [-0.1, -0.05) is 12.1 Å². The number of benzene rings is 1. The number of rotatable bonds is 3. The molecule has 0 radical (unpaired) electrons. The van der Waals surface area contributed by atoms with Gasteiger partial charge in [-0.3, -0.25) is 9.59 Å². The van der Waals surface area contributed by atoms with E-state index in [1.54, 1.807) is 36.4 Å². The summed E-state index contributed by atoms with van der Waals surface area (Å²) < 4.78 is 0. The fourth-order valence-electron chi connectivity index (χ4n) is 2.16. The van der Waals surface area contributed by atoms with Crippen molar-refractivity contribution in [2.24, 2.45) is 5.73 Å². The minimum atomic E-state index is -0.452. The third kappa shape index (κ3) is 3.68. The minimum Gasteiger partial charge on any atom is -0.366 e. The van der Waals surface area contributed by atoms with Gasteiger partial charge in [-0.2, -0.15) is 0 Å². The minimum absolute atomic E-state index is 0.0114. The molecular formula is C15H19N3O2. The molecule has 1 heterocycles. The summed E-state index contributed by atoms with van der Waals surface area (Å²) in [6, 6.07) is 7.17. The first-order valence-corrected chi connectivity index (χ1v) is 6.66. The van der Waals surface area contributed by atoms with Gasteiger partial charge in [0.2, 0.25) is 11.8 Å². The predicted octanol–water partition coefficient (Wildman–Crippen LogP) is 0.619. The van der Waals surface area contributed by atoms with Crippen molar-refractivity contribution in [1.29, 1.82) is 0 Å². The van der Waals surface area contributed by atoms with Crippen LogP contribution in [0.5, 0.6) is 0 Å². The number of piperazine rings is 1. The van der Waals surface area contributed by atoms with E-state index in [9.17, 15) is 9.59 Å². The normalized spacial score (nSPS) is 19.2. The van der Waals surface area contributed by atoms with Crippen molar-refractivity contribution >= 4 is 17.9 Å². The second-order valence-electron chi connectivity index (χ2n) is 4.96. The van der Waals surface area contributed by atoms with Crippen LogP contribution in [0, 0.1) is 0 Å².